The van der Waals surface area contributed by atoms with E-state index in [2.05, 4.69) is 44.3 Å². The van der Waals surface area contributed by atoms with Crippen LogP contribution in [-0.4, -0.2) is 25.9 Å². The zero-order valence-corrected chi connectivity index (χ0v) is 13.7. The first-order chi connectivity index (χ1) is 10.3. The lowest BCUT2D eigenvalue weighted by Crippen LogP contribution is -2.35. The van der Waals surface area contributed by atoms with Gasteiger partial charge in [0.25, 0.3) is 0 Å². The Bertz CT molecular complexity index is 433. The molecular weight excluding hydrogens is 262 g/mol. The summed E-state index contributed by atoms with van der Waals surface area (Å²) in [6.45, 7) is 9.03. The summed E-state index contributed by atoms with van der Waals surface area (Å²) in [6, 6.07) is 6.75. The normalized spacial score (nSPS) is 16.9. The molecule has 0 bridgehead atoms. The Morgan fingerprint density at radius 1 is 1.29 bits per heavy atom. The first kappa shape index (κ1) is 16.3. The van der Waals surface area contributed by atoms with Gasteiger partial charge in [-0.05, 0) is 44.7 Å². The molecule has 2 unspecified atom stereocenters. The minimum Gasteiger partial charge on any atom is -0.493 e. The highest BCUT2D eigenvalue weighted by atomic mass is 16.5. The molecule has 3 heteroatoms. The van der Waals surface area contributed by atoms with E-state index in [0.29, 0.717) is 0 Å². The SMILES string of the molecule is CCCNC(c1cccc2c1OCCC2)C(CC)OCC. The van der Waals surface area contributed by atoms with E-state index in [9.17, 15) is 0 Å². The molecule has 0 fully saturated rings. The summed E-state index contributed by atoms with van der Waals surface area (Å²) in [7, 11) is 0. The Labute approximate surface area is 129 Å². The van der Waals surface area contributed by atoms with Gasteiger partial charge < -0.3 is 14.8 Å². The number of benzene rings is 1. The van der Waals surface area contributed by atoms with Gasteiger partial charge in [-0.3, -0.25) is 0 Å². The molecule has 0 spiro atoms. The third-order valence-corrected chi connectivity index (χ3v) is 4.07. The van der Waals surface area contributed by atoms with Crippen LogP contribution in [0.3, 0.4) is 0 Å². The van der Waals surface area contributed by atoms with Crippen LogP contribution in [0.15, 0.2) is 18.2 Å². The Balaban J connectivity index is 2.31. The maximum absolute atomic E-state index is 5.99. The van der Waals surface area contributed by atoms with Crippen LogP contribution in [0.1, 0.15) is 57.2 Å². The van der Waals surface area contributed by atoms with Crippen molar-refractivity contribution >= 4 is 0 Å². The van der Waals surface area contributed by atoms with Gasteiger partial charge in [0, 0.05) is 12.2 Å². The fraction of sp³-hybridized carbons (Fsp3) is 0.667. The second kappa shape index (κ2) is 8.40. The van der Waals surface area contributed by atoms with E-state index in [4.69, 9.17) is 9.47 Å². The van der Waals surface area contributed by atoms with Crippen molar-refractivity contribution in [3.63, 3.8) is 0 Å². The molecule has 1 N–H and O–H groups in total. The van der Waals surface area contributed by atoms with Crippen LogP contribution in [0.4, 0.5) is 0 Å². The molecule has 0 aromatic heterocycles. The summed E-state index contributed by atoms with van der Waals surface area (Å²) in [5.41, 5.74) is 2.61. The van der Waals surface area contributed by atoms with Gasteiger partial charge in [0.15, 0.2) is 0 Å². The second-order valence-corrected chi connectivity index (χ2v) is 5.62. The Hall–Kier alpha value is -1.06. The van der Waals surface area contributed by atoms with Crippen molar-refractivity contribution in [2.24, 2.45) is 0 Å². The molecule has 0 amide bonds. The van der Waals surface area contributed by atoms with E-state index in [1.807, 2.05) is 0 Å². The van der Waals surface area contributed by atoms with Crippen LogP contribution in [0.25, 0.3) is 0 Å². The van der Waals surface area contributed by atoms with Gasteiger partial charge in [-0.25, -0.2) is 0 Å². The van der Waals surface area contributed by atoms with Gasteiger partial charge in [-0.15, -0.1) is 0 Å². The monoisotopic (exact) mass is 291 g/mol. The van der Waals surface area contributed by atoms with Crippen LogP contribution in [-0.2, 0) is 11.2 Å². The van der Waals surface area contributed by atoms with Crippen LogP contribution in [0, 0.1) is 0 Å². The summed E-state index contributed by atoms with van der Waals surface area (Å²) in [4.78, 5) is 0. The molecular formula is C18H29NO2. The molecule has 0 saturated carbocycles. The molecule has 1 aromatic carbocycles. The van der Waals surface area contributed by atoms with Crippen molar-refractivity contribution in [2.75, 3.05) is 19.8 Å². The average Bonchev–Trinajstić information content (AvgIpc) is 2.54. The number of hydrogen-bond acceptors (Lipinski definition) is 3. The topological polar surface area (TPSA) is 30.5 Å². The summed E-state index contributed by atoms with van der Waals surface area (Å²) in [5, 5.41) is 3.67. The molecule has 1 aliphatic heterocycles. The van der Waals surface area contributed by atoms with E-state index in [1.165, 1.54) is 11.1 Å². The fourth-order valence-electron chi connectivity index (χ4n) is 3.06. The molecule has 118 valence electrons. The highest BCUT2D eigenvalue weighted by molar-refractivity contribution is 5.45. The van der Waals surface area contributed by atoms with Crippen LogP contribution >= 0.6 is 0 Å². The largest absolute Gasteiger partial charge is 0.493 e. The molecule has 21 heavy (non-hydrogen) atoms. The number of rotatable bonds is 8. The predicted octanol–water partition coefficient (Wildman–Crippen LogP) is 3.87. The molecule has 0 aliphatic carbocycles. The zero-order valence-electron chi connectivity index (χ0n) is 13.7. The molecule has 2 atom stereocenters. The third kappa shape index (κ3) is 3.98. The predicted molar refractivity (Wildman–Crippen MR) is 87.0 cm³/mol. The number of ether oxygens (including phenoxy) is 2. The van der Waals surface area contributed by atoms with Crippen LogP contribution in [0.2, 0.25) is 0 Å². The molecule has 1 aromatic rings. The number of fused-ring (bicyclic) bond motifs is 1. The first-order valence-corrected chi connectivity index (χ1v) is 8.41. The summed E-state index contributed by atoms with van der Waals surface area (Å²) in [5.74, 6) is 1.09. The Kier molecular flexibility index (Phi) is 6.52. The lowest BCUT2D eigenvalue weighted by atomic mass is 9.94. The third-order valence-electron chi connectivity index (χ3n) is 4.07. The molecule has 1 aliphatic rings. The summed E-state index contributed by atoms with van der Waals surface area (Å²) >= 11 is 0. The first-order valence-electron chi connectivity index (χ1n) is 8.41. The van der Waals surface area contributed by atoms with E-state index >= 15 is 0 Å². The van der Waals surface area contributed by atoms with Gasteiger partial charge in [0.05, 0.1) is 18.8 Å². The Morgan fingerprint density at radius 2 is 2.14 bits per heavy atom. The minimum absolute atomic E-state index is 0.193. The van der Waals surface area contributed by atoms with E-state index < -0.39 is 0 Å². The summed E-state index contributed by atoms with van der Waals surface area (Å²) < 4.78 is 12.0. The highest BCUT2D eigenvalue weighted by Gasteiger charge is 2.26. The minimum atomic E-state index is 0.193. The van der Waals surface area contributed by atoms with Crippen molar-refractivity contribution in [3.8, 4) is 5.75 Å². The molecule has 2 rings (SSSR count). The Morgan fingerprint density at radius 3 is 2.86 bits per heavy atom. The average molecular weight is 291 g/mol. The van der Waals surface area contributed by atoms with Crippen LogP contribution < -0.4 is 10.1 Å². The number of aryl methyl sites for hydroxylation is 1. The van der Waals surface area contributed by atoms with Gasteiger partial charge in [0.2, 0.25) is 0 Å². The highest BCUT2D eigenvalue weighted by Crippen LogP contribution is 2.35. The van der Waals surface area contributed by atoms with Gasteiger partial charge >= 0.3 is 0 Å². The quantitative estimate of drug-likeness (QED) is 0.788. The maximum Gasteiger partial charge on any atom is 0.127 e. The number of hydrogen-bond donors (Lipinski definition) is 1. The molecule has 0 radical (unpaired) electrons. The van der Waals surface area contributed by atoms with Gasteiger partial charge in [0.1, 0.15) is 5.75 Å². The molecule has 0 saturated heterocycles. The van der Waals surface area contributed by atoms with Gasteiger partial charge in [-0.1, -0.05) is 32.0 Å². The van der Waals surface area contributed by atoms with Crippen LogP contribution in [0.5, 0.6) is 5.75 Å². The van der Waals surface area contributed by atoms with E-state index in [1.54, 1.807) is 0 Å². The van der Waals surface area contributed by atoms with Crippen molar-refractivity contribution in [1.29, 1.82) is 0 Å². The van der Waals surface area contributed by atoms with Crippen molar-refractivity contribution in [1.82, 2.24) is 5.32 Å². The summed E-state index contributed by atoms with van der Waals surface area (Å²) in [6.07, 6.45) is 4.55. The van der Waals surface area contributed by atoms with Gasteiger partial charge in [-0.2, -0.15) is 0 Å². The fourth-order valence-corrected chi connectivity index (χ4v) is 3.06. The molecule has 3 nitrogen and oxygen atoms in total. The zero-order chi connectivity index (χ0) is 15.1. The lowest BCUT2D eigenvalue weighted by molar-refractivity contribution is 0.0305. The standard InChI is InChI=1S/C18H29NO2/c1-4-12-19-17(16(5-2)20-6-3)15-11-7-9-14-10-8-13-21-18(14)15/h7,9,11,16-17,19H,4-6,8,10,12-13H2,1-3H3. The lowest BCUT2D eigenvalue weighted by Gasteiger charge is -2.31. The second-order valence-electron chi connectivity index (χ2n) is 5.62. The smallest absolute Gasteiger partial charge is 0.127 e. The molecule has 1 heterocycles. The van der Waals surface area contributed by atoms with E-state index in [0.717, 1.165) is 51.2 Å². The maximum atomic E-state index is 5.99. The van der Waals surface area contributed by atoms with Crippen molar-refractivity contribution in [2.45, 2.75) is 58.6 Å². The number of nitrogens with one attached hydrogen (secondary N) is 1. The number of para-hydroxylation sites is 1. The van der Waals surface area contributed by atoms with Crippen molar-refractivity contribution < 1.29 is 9.47 Å². The van der Waals surface area contributed by atoms with E-state index in [-0.39, 0.29) is 12.1 Å². The van der Waals surface area contributed by atoms with Crippen molar-refractivity contribution in [3.05, 3.63) is 29.3 Å².